The summed E-state index contributed by atoms with van der Waals surface area (Å²) >= 11 is 0. The zero-order chi connectivity index (χ0) is 26.6. The van der Waals surface area contributed by atoms with Gasteiger partial charge in [0.1, 0.15) is 17.3 Å². The summed E-state index contributed by atoms with van der Waals surface area (Å²) in [5.41, 5.74) is 1.34. The van der Waals surface area contributed by atoms with Crippen LogP contribution in [0, 0.1) is 11.3 Å². The summed E-state index contributed by atoms with van der Waals surface area (Å²) in [6, 6.07) is 19.0. The van der Waals surface area contributed by atoms with Gasteiger partial charge in [-0.05, 0) is 47.5 Å². The Hall–Kier alpha value is -5.47. The van der Waals surface area contributed by atoms with Crippen molar-refractivity contribution in [3.63, 3.8) is 0 Å². The number of anilines is 1. The van der Waals surface area contributed by atoms with E-state index in [-0.39, 0.29) is 34.3 Å². The van der Waals surface area contributed by atoms with E-state index in [1.807, 2.05) is 6.07 Å². The third-order valence-corrected chi connectivity index (χ3v) is 5.74. The van der Waals surface area contributed by atoms with Crippen molar-refractivity contribution in [2.24, 2.45) is 10.2 Å². The molecule has 3 N–H and O–H groups in total. The Morgan fingerprint density at radius 1 is 1.08 bits per heavy atom. The van der Waals surface area contributed by atoms with Crippen LogP contribution in [0.4, 0.5) is 17.2 Å². The molecule has 0 saturated heterocycles. The molecule has 2 heterocycles. The van der Waals surface area contributed by atoms with Gasteiger partial charge < -0.3 is 15.5 Å². The maximum absolute atomic E-state index is 13.3. The number of benzene rings is 3. The quantitative estimate of drug-likeness (QED) is 0.270. The van der Waals surface area contributed by atoms with Crippen LogP contribution in [0.15, 0.2) is 89.5 Å². The molecule has 1 unspecified atom stereocenters. The number of phenolic OH excluding ortho intramolecular Hbond substituents is 1. The van der Waals surface area contributed by atoms with E-state index in [0.29, 0.717) is 22.0 Å². The van der Waals surface area contributed by atoms with Gasteiger partial charge in [-0.25, -0.2) is 9.97 Å². The lowest BCUT2D eigenvalue weighted by Gasteiger charge is -2.12. The summed E-state index contributed by atoms with van der Waals surface area (Å²) < 4.78 is 1.25. The molecule has 0 aliphatic rings. The van der Waals surface area contributed by atoms with Crippen LogP contribution in [-0.2, 0) is 0 Å². The van der Waals surface area contributed by atoms with Gasteiger partial charge in [-0.15, -0.1) is 10.2 Å². The second-order valence-electron chi connectivity index (χ2n) is 8.25. The Morgan fingerprint density at radius 3 is 2.53 bits per heavy atom. The molecule has 1 amide bonds. The fraction of sp³-hybridized carbons (Fsp3) is 0.0741. The zero-order valence-corrected chi connectivity index (χ0v) is 20.0. The maximum atomic E-state index is 13.3. The highest BCUT2D eigenvalue weighted by Crippen LogP contribution is 2.38. The molecule has 5 aromatic rings. The minimum Gasteiger partial charge on any atom is -0.505 e. The third-order valence-electron chi connectivity index (χ3n) is 5.74. The Labute approximate surface area is 216 Å². The van der Waals surface area contributed by atoms with E-state index in [0.717, 1.165) is 0 Å². The van der Waals surface area contributed by atoms with Crippen molar-refractivity contribution in [2.75, 3.05) is 5.32 Å². The lowest BCUT2D eigenvalue weighted by molar-refractivity contribution is 0.102. The Kier molecular flexibility index (Phi) is 6.54. The van der Waals surface area contributed by atoms with Crippen LogP contribution in [0.5, 0.6) is 5.75 Å². The molecule has 11 heteroatoms. The molecule has 2 aromatic heterocycles. The maximum Gasteiger partial charge on any atom is 0.260 e. The van der Waals surface area contributed by atoms with E-state index in [4.69, 9.17) is 0 Å². The number of hydrogen-bond donors (Lipinski definition) is 3. The molecule has 5 rings (SSSR count). The lowest BCUT2D eigenvalue weighted by atomic mass is 10.0. The third kappa shape index (κ3) is 4.67. The van der Waals surface area contributed by atoms with Crippen LogP contribution in [-0.4, -0.2) is 35.9 Å². The van der Waals surface area contributed by atoms with Crippen molar-refractivity contribution < 1.29 is 15.0 Å². The Morgan fingerprint density at radius 2 is 1.82 bits per heavy atom. The molecule has 0 saturated carbocycles. The smallest absolute Gasteiger partial charge is 0.260 e. The standard InChI is InChI=1S/C27H20N8O3/c1-16(36)17-7-9-20(10-8-17)32-26(38)23-21-6-3-2-5-18(21)13-22(24(23)37)33-34-25-19(14-28)15-31-35(25)27-29-11-4-12-30-27/h2-13,15-16,36-37H,1H3,(H,32,38). The van der Waals surface area contributed by atoms with Gasteiger partial charge in [0.2, 0.25) is 0 Å². The highest BCUT2D eigenvalue weighted by molar-refractivity contribution is 6.16. The highest BCUT2D eigenvalue weighted by atomic mass is 16.3. The molecule has 3 aromatic carbocycles. The summed E-state index contributed by atoms with van der Waals surface area (Å²) in [6.45, 7) is 1.65. The molecule has 0 fully saturated rings. The van der Waals surface area contributed by atoms with Crippen LogP contribution in [0.3, 0.4) is 0 Å². The van der Waals surface area contributed by atoms with Gasteiger partial charge in [-0.3, -0.25) is 4.79 Å². The minimum absolute atomic E-state index is 0.0112. The second kappa shape index (κ2) is 10.3. The normalized spacial score (nSPS) is 11.9. The number of nitrogens with zero attached hydrogens (tertiary/aromatic N) is 7. The fourth-order valence-corrected chi connectivity index (χ4v) is 3.83. The first-order valence-corrected chi connectivity index (χ1v) is 11.5. The number of nitrogens with one attached hydrogen (secondary N) is 1. The van der Waals surface area contributed by atoms with Crippen molar-refractivity contribution in [3.8, 4) is 17.8 Å². The number of azo groups is 1. The number of aliphatic hydroxyl groups is 1. The highest BCUT2D eigenvalue weighted by Gasteiger charge is 2.20. The number of aliphatic hydroxyl groups excluding tert-OH is 1. The molecule has 0 aliphatic heterocycles. The zero-order valence-electron chi connectivity index (χ0n) is 20.0. The molecule has 186 valence electrons. The minimum atomic E-state index is -0.638. The average Bonchev–Trinajstić information content (AvgIpc) is 3.35. The first-order chi connectivity index (χ1) is 18.5. The number of phenols is 1. The van der Waals surface area contributed by atoms with Crippen LogP contribution in [0.25, 0.3) is 16.7 Å². The number of hydrogen-bond acceptors (Lipinski definition) is 9. The topological polar surface area (TPSA) is 162 Å². The van der Waals surface area contributed by atoms with Crippen LogP contribution >= 0.6 is 0 Å². The molecule has 11 nitrogen and oxygen atoms in total. The summed E-state index contributed by atoms with van der Waals surface area (Å²) in [6.07, 6.45) is 3.72. The number of aromatic hydroxyl groups is 1. The Balaban J connectivity index is 1.55. The van der Waals surface area contributed by atoms with Gasteiger partial charge in [0.25, 0.3) is 11.9 Å². The van der Waals surface area contributed by atoms with Crippen molar-refractivity contribution in [3.05, 3.63) is 95.9 Å². The molecular formula is C27H20N8O3. The van der Waals surface area contributed by atoms with Crippen molar-refractivity contribution in [1.29, 1.82) is 5.26 Å². The van der Waals surface area contributed by atoms with Crippen LogP contribution in [0.1, 0.15) is 34.5 Å². The van der Waals surface area contributed by atoms with Gasteiger partial charge >= 0.3 is 0 Å². The van der Waals surface area contributed by atoms with Crippen LogP contribution < -0.4 is 5.32 Å². The molecule has 0 aliphatic carbocycles. The van der Waals surface area contributed by atoms with Crippen LogP contribution in [0.2, 0.25) is 0 Å². The summed E-state index contributed by atoms with van der Waals surface area (Å²) in [4.78, 5) is 21.6. The lowest BCUT2D eigenvalue weighted by Crippen LogP contribution is -2.13. The van der Waals surface area contributed by atoms with Gasteiger partial charge in [0.05, 0.1) is 17.9 Å². The molecule has 1 atom stereocenters. The van der Waals surface area contributed by atoms with E-state index >= 15 is 0 Å². The number of carbonyl (C=O) groups excluding carboxylic acids is 1. The number of nitriles is 1. The number of amides is 1. The van der Waals surface area contributed by atoms with Crippen molar-refractivity contribution in [1.82, 2.24) is 19.7 Å². The molecule has 38 heavy (non-hydrogen) atoms. The van der Waals surface area contributed by atoms with E-state index < -0.39 is 12.0 Å². The second-order valence-corrected chi connectivity index (χ2v) is 8.25. The van der Waals surface area contributed by atoms with Gasteiger partial charge in [-0.1, -0.05) is 36.4 Å². The SMILES string of the molecule is CC(O)c1ccc(NC(=O)c2c(O)c(N=Nc3c(C#N)cnn3-c3ncccn3)cc3ccccc23)cc1. The number of carbonyl (C=O) groups is 1. The van der Waals surface area contributed by atoms with Gasteiger partial charge in [0, 0.05) is 18.1 Å². The molecule has 0 radical (unpaired) electrons. The largest absolute Gasteiger partial charge is 0.505 e. The predicted molar refractivity (Wildman–Crippen MR) is 139 cm³/mol. The first-order valence-electron chi connectivity index (χ1n) is 11.5. The van der Waals surface area contributed by atoms with E-state index in [2.05, 4.69) is 30.6 Å². The summed E-state index contributed by atoms with van der Waals surface area (Å²) in [5, 5.41) is 46.8. The first kappa shape index (κ1) is 24.2. The van der Waals surface area contributed by atoms with Gasteiger partial charge in [0.15, 0.2) is 11.6 Å². The Bertz CT molecular complexity index is 1700. The van der Waals surface area contributed by atoms with Crippen molar-refractivity contribution >= 4 is 33.9 Å². The molecule has 0 bridgehead atoms. The predicted octanol–water partition coefficient (Wildman–Crippen LogP) is 5.11. The van der Waals surface area contributed by atoms with Crippen molar-refractivity contribution in [2.45, 2.75) is 13.0 Å². The number of aromatic nitrogens is 4. The monoisotopic (exact) mass is 504 g/mol. The molecule has 0 spiro atoms. The fourth-order valence-electron chi connectivity index (χ4n) is 3.83. The van der Waals surface area contributed by atoms with E-state index in [1.54, 1.807) is 67.6 Å². The number of rotatable bonds is 6. The average molecular weight is 505 g/mol. The van der Waals surface area contributed by atoms with E-state index in [9.17, 15) is 20.3 Å². The van der Waals surface area contributed by atoms with E-state index in [1.165, 1.54) is 23.3 Å². The summed E-state index contributed by atoms with van der Waals surface area (Å²) in [5.74, 6) is -0.685. The molecular weight excluding hydrogens is 484 g/mol. The summed E-state index contributed by atoms with van der Waals surface area (Å²) in [7, 11) is 0. The number of fused-ring (bicyclic) bond motifs is 1. The van der Waals surface area contributed by atoms with Gasteiger partial charge in [-0.2, -0.15) is 15.0 Å².